The van der Waals surface area contributed by atoms with Crippen molar-refractivity contribution >= 4 is 11.7 Å². The number of hydrogen-bond donors (Lipinski definition) is 1. The molecule has 0 atom stereocenters. The summed E-state index contributed by atoms with van der Waals surface area (Å²) in [5.74, 6) is -0.450. The predicted molar refractivity (Wildman–Crippen MR) is 93.5 cm³/mol. The Morgan fingerprint density at radius 1 is 0.958 bits per heavy atom. The van der Waals surface area contributed by atoms with Gasteiger partial charge in [0.25, 0.3) is 0 Å². The number of hydrogen-bond acceptors (Lipinski definition) is 3. The molecule has 0 amide bonds. The van der Waals surface area contributed by atoms with Gasteiger partial charge in [0.2, 0.25) is 5.76 Å². The molecule has 2 aromatic carbocycles. The topological polar surface area (TPSA) is 53.7 Å². The summed E-state index contributed by atoms with van der Waals surface area (Å²) in [5.41, 5.74) is 3.60. The Balaban J connectivity index is 1.64. The fourth-order valence-corrected chi connectivity index (χ4v) is 2.60. The lowest BCUT2D eigenvalue weighted by molar-refractivity contribution is 0.0660. The van der Waals surface area contributed by atoms with Crippen LogP contribution in [-0.2, 0) is 13.0 Å². The number of benzene rings is 2. The summed E-state index contributed by atoms with van der Waals surface area (Å²) in [7, 11) is 1.95. The Kier molecular flexibility index (Phi) is 4.66. The lowest BCUT2D eigenvalue weighted by Crippen LogP contribution is -2.15. The average molecular weight is 321 g/mol. The van der Waals surface area contributed by atoms with Crippen molar-refractivity contribution in [3.63, 3.8) is 0 Å². The van der Waals surface area contributed by atoms with E-state index in [9.17, 15) is 4.79 Å². The van der Waals surface area contributed by atoms with Crippen LogP contribution in [0.2, 0.25) is 0 Å². The second-order valence-electron chi connectivity index (χ2n) is 5.76. The maximum Gasteiger partial charge on any atom is 0.371 e. The predicted octanol–water partition coefficient (Wildman–Crippen LogP) is 4.21. The largest absolute Gasteiger partial charge is 0.475 e. The summed E-state index contributed by atoms with van der Waals surface area (Å²) in [6.45, 7) is 0.519. The molecule has 0 bridgehead atoms. The molecule has 0 saturated carbocycles. The van der Waals surface area contributed by atoms with E-state index in [-0.39, 0.29) is 5.76 Å². The number of carboxylic acids is 1. The molecule has 4 nitrogen and oxygen atoms in total. The first kappa shape index (κ1) is 15.9. The van der Waals surface area contributed by atoms with Gasteiger partial charge in [-0.2, -0.15) is 0 Å². The van der Waals surface area contributed by atoms with Crippen LogP contribution in [0.4, 0.5) is 5.69 Å². The molecule has 1 heterocycles. The summed E-state index contributed by atoms with van der Waals surface area (Å²) in [6, 6.07) is 21.9. The lowest BCUT2D eigenvalue weighted by atomic mass is 10.0. The quantitative estimate of drug-likeness (QED) is 0.739. The zero-order valence-corrected chi connectivity index (χ0v) is 13.5. The normalized spacial score (nSPS) is 10.5. The second-order valence-corrected chi connectivity index (χ2v) is 5.76. The SMILES string of the molecule is CN(Cc1ccc(C(=O)O)o1)c1ccc(Cc2ccccc2)cc1. The molecule has 3 rings (SSSR count). The summed E-state index contributed by atoms with van der Waals surface area (Å²) in [4.78, 5) is 12.9. The maximum absolute atomic E-state index is 10.9. The number of nitrogens with zero attached hydrogens (tertiary/aromatic N) is 1. The van der Waals surface area contributed by atoms with Crippen molar-refractivity contribution in [2.45, 2.75) is 13.0 Å². The van der Waals surface area contributed by atoms with E-state index in [4.69, 9.17) is 9.52 Å². The lowest BCUT2D eigenvalue weighted by Gasteiger charge is -2.18. The van der Waals surface area contributed by atoms with E-state index in [1.807, 2.05) is 30.1 Å². The van der Waals surface area contributed by atoms with Crippen molar-refractivity contribution in [1.29, 1.82) is 0 Å². The third kappa shape index (κ3) is 3.84. The fraction of sp³-hybridized carbons (Fsp3) is 0.150. The standard InChI is InChI=1S/C20H19NO3/c1-21(14-18-11-12-19(24-18)20(22)23)17-9-7-16(8-10-17)13-15-5-3-2-4-6-15/h2-12H,13-14H2,1H3,(H,22,23). The van der Waals surface area contributed by atoms with E-state index in [1.54, 1.807) is 6.07 Å². The molecule has 0 spiro atoms. The van der Waals surface area contributed by atoms with Crippen molar-refractivity contribution in [1.82, 2.24) is 0 Å². The van der Waals surface area contributed by atoms with Gasteiger partial charge in [0.05, 0.1) is 6.54 Å². The summed E-state index contributed by atoms with van der Waals surface area (Å²) in [6.07, 6.45) is 0.908. The van der Waals surface area contributed by atoms with Crippen LogP contribution < -0.4 is 4.90 Å². The highest BCUT2D eigenvalue weighted by Gasteiger charge is 2.11. The van der Waals surface area contributed by atoms with Crippen LogP contribution in [0, 0.1) is 0 Å². The van der Waals surface area contributed by atoms with Gasteiger partial charge in [-0.25, -0.2) is 4.79 Å². The smallest absolute Gasteiger partial charge is 0.371 e. The van der Waals surface area contributed by atoms with E-state index >= 15 is 0 Å². The third-order valence-corrected chi connectivity index (χ3v) is 3.89. The molecule has 122 valence electrons. The van der Waals surface area contributed by atoms with Crippen molar-refractivity contribution in [2.24, 2.45) is 0 Å². The van der Waals surface area contributed by atoms with Crippen LogP contribution in [0.25, 0.3) is 0 Å². The monoisotopic (exact) mass is 321 g/mol. The highest BCUT2D eigenvalue weighted by Crippen LogP contribution is 2.19. The Bertz CT molecular complexity index is 806. The zero-order chi connectivity index (χ0) is 16.9. The molecular weight excluding hydrogens is 302 g/mol. The average Bonchev–Trinajstić information content (AvgIpc) is 3.05. The van der Waals surface area contributed by atoms with Gasteiger partial charge in [0, 0.05) is 12.7 Å². The van der Waals surface area contributed by atoms with Gasteiger partial charge in [-0.1, -0.05) is 42.5 Å². The molecule has 24 heavy (non-hydrogen) atoms. The first-order valence-electron chi connectivity index (χ1n) is 7.78. The Labute approximate surface area is 141 Å². The van der Waals surface area contributed by atoms with E-state index < -0.39 is 5.97 Å². The van der Waals surface area contributed by atoms with Crippen molar-refractivity contribution in [3.05, 3.63) is 89.4 Å². The number of aromatic carboxylic acids is 1. The van der Waals surface area contributed by atoms with Gasteiger partial charge >= 0.3 is 5.97 Å². The number of carbonyl (C=O) groups is 1. The summed E-state index contributed by atoms with van der Waals surface area (Å²) < 4.78 is 5.30. The van der Waals surface area contributed by atoms with Crippen LogP contribution in [0.5, 0.6) is 0 Å². The Morgan fingerprint density at radius 3 is 2.25 bits per heavy atom. The van der Waals surface area contributed by atoms with Gasteiger partial charge in [0.1, 0.15) is 5.76 Å². The summed E-state index contributed by atoms with van der Waals surface area (Å²) >= 11 is 0. The highest BCUT2D eigenvalue weighted by atomic mass is 16.4. The Morgan fingerprint density at radius 2 is 1.62 bits per heavy atom. The minimum absolute atomic E-state index is 0.0309. The summed E-state index contributed by atoms with van der Waals surface area (Å²) in [5, 5.41) is 8.89. The number of rotatable bonds is 6. The number of anilines is 1. The second kappa shape index (κ2) is 7.04. The zero-order valence-electron chi connectivity index (χ0n) is 13.5. The van der Waals surface area contributed by atoms with Crippen LogP contribution in [0.15, 0.2) is 71.1 Å². The molecule has 0 radical (unpaired) electrons. The maximum atomic E-state index is 10.9. The Hall–Kier alpha value is -3.01. The van der Waals surface area contributed by atoms with Crippen LogP contribution in [-0.4, -0.2) is 18.1 Å². The van der Waals surface area contributed by atoms with Gasteiger partial charge in [-0.3, -0.25) is 0 Å². The molecular formula is C20H19NO3. The van der Waals surface area contributed by atoms with E-state index in [0.717, 1.165) is 12.1 Å². The first-order chi connectivity index (χ1) is 11.6. The minimum atomic E-state index is -1.05. The van der Waals surface area contributed by atoms with Gasteiger partial charge in [0.15, 0.2) is 0 Å². The molecule has 1 aromatic heterocycles. The van der Waals surface area contributed by atoms with Crippen LogP contribution in [0.3, 0.4) is 0 Å². The van der Waals surface area contributed by atoms with Crippen molar-refractivity contribution in [2.75, 3.05) is 11.9 Å². The van der Waals surface area contributed by atoms with Gasteiger partial charge < -0.3 is 14.4 Å². The molecule has 0 unspecified atom stereocenters. The molecule has 0 aliphatic heterocycles. The van der Waals surface area contributed by atoms with E-state index in [0.29, 0.717) is 12.3 Å². The van der Waals surface area contributed by atoms with Crippen molar-refractivity contribution in [3.8, 4) is 0 Å². The highest BCUT2D eigenvalue weighted by molar-refractivity contribution is 5.84. The van der Waals surface area contributed by atoms with Crippen molar-refractivity contribution < 1.29 is 14.3 Å². The molecule has 0 aliphatic rings. The number of carboxylic acid groups (broad SMARTS) is 1. The van der Waals surface area contributed by atoms with E-state index in [2.05, 4.69) is 36.4 Å². The van der Waals surface area contributed by atoms with E-state index in [1.165, 1.54) is 17.2 Å². The third-order valence-electron chi connectivity index (χ3n) is 3.89. The van der Waals surface area contributed by atoms with Crippen LogP contribution in [0.1, 0.15) is 27.4 Å². The van der Waals surface area contributed by atoms with Gasteiger partial charge in [-0.05, 0) is 41.8 Å². The molecule has 0 saturated heterocycles. The fourth-order valence-electron chi connectivity index (χ4n) is 2.60. The minimum Gasteiger partial charge on any atom is -0.475 e. The molecule has 0 aliphatic carbocycles. The first-order valence-corrected chi connectivity index (χ1v) is 7.78. The molecule has 1 N–H and O–H groups in total. The molecule has 4 heteroatoms. The van der Waals surface area contributed by atoms with Crippen LogP contribution >= 0.6 is 0 Å². The number of furan rings is 1. The van der Waals surface area contributed by atoms with Gasteiger partial charge in [-0.15, -0.1) is 0 Å². The molecule has 3 aromatic rings. The molecule has 0 fully saturated rings.